The van der Waals surface area contributed by atoms with Gasteiger partial charge in [-0.2, -0.15) is 5.10 Å². The zero-order valence-corrected chi connectivity index (χ0v) is 8.57. The van der Waals surface area contributed by atoms with E-state index in [4.69, 9.17) is 11.6 Å². The first-order valence-corrected chi connectivity index (χ1v) is 4.10. The lowest BCUT2D eigenvalue weighted by Crippen LogP contribution is -1.85. The van der Waals surface area contributed by atoms with Crippen LogP contribution in [-0.2, 0) is 0 Å². The van der Waals surface area contributed by atoms with E-state index < -0.39 is 5.82 Å². The van der Waals surface area contributed by atoms with E-state index in [1.54, 1.807) is 24.4 Å². The summed E-state index contributed by atoms with van der Waals surface area (Å²) in [6.45, 7) is 0. The van der Waals surface area contributed by atoms with Gasteiger partial charge in [-0.25, -0.2) is 4.39 Å². The standard InChI is InChI=1S/C9H6ClFN2.ClH/c10-7-3-1-2-6(9(7)11)8-4-5-12-13-8;/h1-5H,(H,12,13);1H. The lowest BCUT2D eigenvalue weighted by Gasteiger charge is -2.00. The van der Waals surface area contributed by atoms with Gasteiger partial charge in [-0.1, -0.05) is 17.7 Å². The number of hydrogen-bond acceptors (Lipinski definition) is 1. The van der Waals surface area contributed by atoms with Crippen molar-refractivity contribution in [1.29, 1.82) is 0 Å². The summed E-state index contributed by atoms with van der Waals surface area (Å²) < 4.78 is 13.4. The second kappa shape index (κ2) is 4.44. The molecule has 0 radical (unpaired) electrons. The molecular weight excluding hydrogens is 226 g/mol. The van der Waals surface area contributed by atoms with Crippen molar-refractivity contribution in [3.63, 3.8) is 0 Å². The number of aromatic amines is 1. The number of halogens is 3. The summed E-state index contributed by atoms with van der Waals surface area (Å²) in [4.78, 5) is 0. The third-order valence-corrected chi connectivity index (χ3v) is 2.03. The Morgan fingerprint density at radius 2 is 2.07 bits per heavy atom. The molecule has 1 heterocycles. The maximum Gasteiger partial charge on any atom is 0.151 e. The van der Waals surface area contributed by atoms with Crippen molar-refractivity contribution < 1.29 is 4.39 Å². The molecule has 0 saturated heterocycles. The van der Waals surface area contributed by atoms with Crippen molar-refractivity contribution >= 4 is 24.0 Å². The van der Waals surface area contributed by atoms with E-state index in [0.29, 0.717) is 11.3 Å². The van der Waals surface area contributed by atoms with E-state index in [1.165, 1.54) is 6.07 Å². The fourth-order valence-corrected chi connectivity index (χ4v) is 1.29. The van der Waals surface area contributed by atoms with Crippen LogP contribution in [0, 0.1) is 5.82 Å². The molecule has 1 aromatic carbocycles. The first-order chi connectivity index (χ1) is 6.29. The smallest absolute Gasteiger partial charge is 0.151 e. The molecule has 0 fully saturated rings. The number of aromatic nitrogens is 2. The molecule has 0 saturated carbocycles. The number of benzene rings is 1. The van der Waals surface area contributed by atoms with Gasteiger partial charge in [0.25, 0.3) is 0 Å². The molecule has 0 amide bonds. The molecule has 2 aromatic rings. The Hall–Kier alpha value is -1.06. The van der Waals surface area contributed by atoms with E-state index in [0.717, 1.165) is 0 Å². The van der Waals surface area contributed by atoms with Crippen LogP contribution in [0.15, 0.2) is 30.5 Å². The zero-order valence-electron chi connectivity index (χ0n) is 7.00. The normalized spacial score (nSPS) is 9.57. The SMILES string of the molecule is Cl.Fc1c(Cl)cccc1-c1ccn[nH]1. The van der Waals surface area contributed by atoms with Gasteiger partial charge in [-0.3, -0.25) is 5.10 Å². The highest BCUT2D eigenvalue weighted by Crippen LogP contribution is 2.25. The summed E-state index contributed by atoms with van der Waals surface area (Å²) in [6, 6.07) is 6.54. The van der Waals surface area contributed by atoms with Gasteiger partial charge in [0.1, 0.15) is 0 Å². The first kappa shape index (κ1) is 11.0. The average Bonchev–Trinajstić information content (AvgIpc) is 2.62. The number of H-pyrrole nitrogens is 1. The highest BCUT2D eigenvalue weighted by Gasteiger charge is 2.08. The fourth-order valence-electron chi connectivity index (χ4n) is 1.12. The van der Waals surface area contributed by atoms with Crippen LogP contribution in [0.1, 0.15) is 0 Å². The molecule has 0 bridgehead atoms. The molecule has 0 unspecified atom stereocenters. The molecule has 0 aliphatic carbocycles. The van der Waals surface area contributed by atoms with E-state index in [1.807, 2.05) is 0 Å². The van der Waals surface area contributed by atoms with Crippen LogP contribution in [0.25, 0.3) is 11.3 Å². The van der Waals surface area contributed by atoms with Crippen LogP contribution in [0.3, 0.4) is 0 Å². The van der Waals surface area contributed by atoms with Crippen molar-refractivity contribution in [2.75, 3.05) is 0 Å². The van der Waals surface area contributed by atoms with E-state index in [9.17, 15) is 4.39 Å². The lowest BCUT2D eigenvalue weighted by atomic mass is 10.1. The van der Waals surface area contributed by atoms with Gasteiger partial charge in [0.2, 0.25) is 0 Å². The van der Waals surface area contributed by atoms with Crippen molar-refractivity contribution in [3.05, 3.63) is 41.3 Å². The minimum Gasteiger partial charge on any atom is -0.278 e. The lowest BCUT2D eigenvalue weighted by molar-refractivity contribution is 0.631. The van der Waals surface area contributed by atoms with Gasteiger partial charge >= 0.3 is 0 Å². The summed E-state index contributed by atoms with van der Waals surface area (Å²) in [5.41, 5.74) is 1.06. The zero-order chi connectivity index (χ0) is 9.26. The van der Waals surface area contributed by atoms with Crippen molar-refractivity contribution in [2.24, 2.45) is 0 Å². The van der Waals surface area contributed by atoms with Gasteiger partial charge in [0.05, 0.1) is 10.7 Å². The van der Waals surface area contributed by atoms with Gasteiger partial charge < -0.3 is 0 Å². The van der Waals surface area contributed by atoms with Crippen LogP contribution in [0.4, 0.5) is 4.39 Å². The molecule has 2 nitrogen and oxygen atoms in total. The van der Waals surface area contributed by atoms with Gasteiger partial charge in [-0.15, -0.1) is 12.4 Å². The predicted octanol–water partition coefficient (Wildman–Crippen LogP) is 3.29. The van der Waals surface area contributed by atoms with E-state index in [-0.39, 0.29) is 17.4 Å². The van der Waals surface area contributed by atoms with Crippen LogP contribution >= 0.6 is 24.0 Å². The quantitative estimate of drug-likeness (QED) is 0.804. The van der Waals surface area contributed by atoms with Crippen molar-refractivity contribution in [2.45, 2.75) is 0 Å². The summed E-state index contributed by atoms with van der Waals surface area (Å²) in [5, 5.41) is 6.53. The Morgan fingerprint density at radius 3 is 2.71 bits per heavy atom. The second-order valence-corrected chi connectivity index (χ2v) is 2.98. The molecule has 0 aliphatic rings. The molecular formula is C9H7Cl2FN2. The van der Waals surface area contributed by atoms with Crippen LogP contribution in [0.5, 0.6) is 0 Å². The number of nitrogens with one attached hydrogen (secondary N) is 1. The Balaban J connectivity index is 0.000000980. The topological polar surface area (TPSA) is 28.7 Å². The van der Waals surface area contributed by atoms with Gasteiger partial charge in [-0.05, 0) is 18.2 Å². The molecule has 0 spiro atoms. The van der Waals surface area contributed by atoms with E-state index in [2.05, 4.69) is 10.2 Å². The molecule has 14 heavy (non-hydrogen) atoms. The Morgan fingerprint density at radius 1 is 1.29 bits per heavy atom. The third kappa shape index (κ3) is 1.89. The summed E-state index contributed by atoms with van der Waals surface area (Å²) >= 11 is 5.62. The Bertz CT molecular complexity index is 415. The molecule has 0 atom stereocenters. The Labute approximate surface area is 91.5 Å². The summed E-state index contributed by atoms with van der Waals surface area (Å²) in [5.74, 6) is -0.423. The van der Waals surface area contributed by atoms with Crippen LogP contribution < -0.4 is 0 Å². The molecule has 1 aromatic heterocycles. The first-order valence-electron chi connectivity index (χ1n) is 3.73. The largest absolute Gasteiger partial charge is 0.278 e. The van der Waals surface area contributed by atoms with Gasteiger partial charge in [0.15, 0.2) is 5.82 Å². The maximum atomic E-state index is 13.4. The number of hydrogen-bond donors (Lipinski definition) is 1. The summed E-state index contributed by atoms with van der Waals surface area (Å²) in [6.07, 6.45) is 1.57. The molecule has 1 N–H and O–H groups in total. The molecule has 0 aliphatic heterocycles. The maximum absolute atomic E-state index is 13.4. The van der Waals surface area contributed by atoms with Crippen LogP contribution in [-0.4, -0.2) is 10.2 Å². The average molecular weight is 233 g/mol. The predicted molar refractivity (Wildman–Crippen MR) is 56.2 cm³/mol. The highest BCUT2D eigenvalue weighted by atomic mass is 35.5. The number of rotatable bonds is 1. The number of nitrogens with zero attached hydrogens (tertiary/aromatic N) is 1. The molecule has 5 heteroatoms. The second-order valence-electron chi connectivity index (χ2n) is 2.57. The van der Waals surface area contributed by atoms with E-state index >= 15 is 0 Å². The monoisotopic (exact) mass is 232 g/mol. The third-order valence-electron chi connectivity index (χ3n) is 1.74. The fraction of sp³-hybridized carbons (Fsp3) is 0. The highest BCUT2D eigenvalue weighted by molar-refractivity contribution is 6.31. The minimum absolute atomic E-state index is 0. The molecule has 74 valence electrons. The van der Waals surface area contributed by atoms with Gasteiger partial charge in [0, 0.05) is 11.8 Å². The van der Waals surface area contributed by atoms with Crippen LogP contribution in [0.2, 0.25) is 5.02 Å². The Kier molecular flexibility index (Phi) is 3.49. The van der Waals surface area contributed by atoms with Crippen molar-refractivity contribution in [3.8, 4) is 11.3 Å². The van der Waals surface area contributed by atoms with Crippen molar-refractivity contribution in [1.82, 2.24) is 10.2 Å². The minimum atomic E-state index is -0.423. The molecule has 2 rings (SSSR count). The summed E-state index contributed by atoms with van der Waals surface area (Å²) in [7, 11) is 0.